The lowest BCUT2D eigenvalue weighted by Gasteiger charge is -2.49. The van der Waals surface area contributed by atoms with Crippen molar-refractivity contribution in [1.29, 1.82) is 0 Å². The predicted octanol–water partition coefficient (Wildman–Crippen LogP) is 5.25. The SMILES string of the molecule is CCC(=O)Oc1ccc2c(c1)CC[C@@H]1[C@@H]2CC[C@]2(C)CCC[C@@H]12. The molecule has 124 valence electrons. The molecule has 0 unspecified atom stereocenters. The molecule has 3 aliphatic carbocycles. The molecule has 0 spiro atoms. The second-order valence-electron chi connectivity index (χ2n) is 8.19. The Morgan fingerprint density at radius 2 is 2.13 bits per heavy atom. The van der Waals surface area contributed by atoms with E-state index in [4.69, 9.17) is 4.74 Å². The Bertz CT molecular complexity index is 620. The van der Waals surface area contributed by atoms with Crippen LogP contribution in [0.2, 0.25) is 0 Å². The molecule has 1 aromatic rings. The third kappa shape index (κ3) is 2.51. The van der Waals surface area contributed by atoms with Crippen molar-refractivity contribution in [3.05, 3.63) is 29.3 Å². The number of rotatable bonds is 2. The molecule has 3 aliphatic rings. The predicted molar refractivity (Wildman–Crippen MR) is 91.6 cm³/mol. The number of fused-ring (bicyclic) bond motifs is 5. The van der Waals surface area contributed by atoms with Gasteiger partial charge in [-0.1, -0.05) is 26.3 Å². The summed E-state index contributed by atoms with van der Waals surface area (Å²) in [6.45, 7) is 4.38. The van der Waals surface area contributed by atoms with Crippen LogP contribution >= 0.6 is 0 Å². The number of hydrogen-bond donors (Lipinski definition) is 0. The fourth-order valence-electron chi connectivity index (χ4n) is 5.82. The lowest BCUT2D eigenvalue weighted by Crippen LogP contribution is -2.39. The third-order valence-electron chi connectivity index (χ3n) is 7.00. The highest BCUT2D eigenvalue weighted by molar-refractivity contribution is 5.72. The molecule has 2 heteroatoms. The first-order valence-electron chi connectivity index (χ1n) is 9.44. The van der Waals surface area contributed by atoms with E-state index in [1.807, 2.05) is 13.0 Å². The van der Waals surface area contributed by atoms with E-state index in [1.165, 1.54) is 44.1 Å². The van der Waals surface area contributed by atoms with Crippen molar-refractivity contribution >= 4 is 5.97 Å². The first-order chi connectivity index (χ1) is 11.1. The van der Waals surface area contributed by atoms with Crippen LogP contribution in [-0.2, 0) is 11.2 Å². The van der Waals surface area contributed by atoms with E-state index in [0.29, 0.717) is 11.8 Å². The van der Waals surface area contributed by atoms with Crippen LogP contribution < -0.4 is 4.74 Å². The molecule has 23 heavy (non-hydrogen) atoms. The highest BCUT2D eigenvalue weighted by atomic mass is 16.5. The Hall–Kier alpha value is -1.31. The van der Waals surface area contributed by atoms with Crippen molar-refractivity contribution < 1.29 is 9.53 Å². The summed E-state index contributed by atoms with van der Waals surface area (Å²) in [6.07, 6.45) is 9.97. The Morgan fingerprint density at radius 1 is 1.26 bits per heavy atom. The van der Waals surface area contributed by atoms with Gasteiger partial charge < -0.3 is 4.74 Å². The summed E-state index contributed by atoms with van der Waals surface area (Å²) in [5.41, 5.74) is 3.59. The van der Waals surface area contributed by atoms with Gasteiger partial charge in [0, 0.05) is 6.42 Å². The molecular formula is C21H28O2. The first-order valence-corrected chi connectivity index (χ1v) is 9.44. The Morgan fingerprint density at radius 3 is 2.96 bits per heavy atom. The summed E-state index contributed by atoms with van der Waals surface area (Å²) >= 11 is 0. The van der Waals surface area contributed by atoms with Crippen molar-refractivity contribution in [2.45, 2.75) is 71.1 Å². The summed E-state index contributed by atoms with van der Waals surface area (Å²) in [5, 5.41) is 0. The van der Waals surface area contributed by atoms with Crippen LogP contribution in [0.25, 0.3) is 0 Å². The van der Waals surface area contributed by atoms with E-state index >= 15 is 0 Å². The highest BCUT2D eigenvalue weighted by Gasteiger charge is 2.50. The summed E-state index contributed by atoms with van der Waals surface area (Å²) in [4.78, 5) is 11.5. The first kappa shape index (κ1) is 15.2. The van der Waals surface area contributed by atoms with Crippen LogP contribution in [0.3, 0.4) is 0 Å². The molecule has 4 rings (SSSR count). The topological polar surface area (TPSA) is 26.3 Å². The molecular weight excluding hydrogens is 284 g/mol. The second kappa shape index (κ2) is 5.65. The molecule has 2 saturated carbocycles. The van der Waals surface area contributed by atoms with Crippen LogP contribution in [0.5, 0.6) is 5.75 Å². The summed E-state index contributed by atoms with van der Waals surface area (Å²) in [7, 11) is 0. The molecule has 0 amide bonds. The molecule has 4 atom stereocenters. The molecule has 0 aromatic heterocycles. The summed E-state index contributed by atoms with van der Waals surface area (Å²) in [6, 6.07) is 6.39. The average Bonchev–Trinajstić information content (AvgIpc) is 2.96. The number of aryl methyl sites for hydroxylation is 1. The van der Waals surface area contributed by atoms with E-state index in [9.17, 15) is 4.79 Å². The summed E-state index contributed by atoms with van der Waals surface area (Å²) in [5.74, 6) is 3.15. The van der Waals surface area contributed by atoms with Crippen LogP contribution in [0.1, 0.15) is 75.8 Å². The largest absolute Gasteiger partial charge is 0.427 e. The number of hydrogen-bond acceptors (Lipinski definition) is 2. The third-order valence-corrected chi connectivity index (χ3v) is 7.00. The van der Waals surface area contributed by atoms with Gasteiger partial charge in [0.2, 0.25) is 0 Å². The monoisotopic (exact) mass is 312 g/mol. The molecule has 2 nitrogen and oxygen atoms in total. The van der Waals surface area contributed by atoms with Gasteiger partial charge in [-0.3, -0.25) is 4.79 Å². The van der Waals surface area contributed by atoms with Gasteiger partial charge in [-0.25, -0.2) is 0 Å². The number of benzene rings is 1. The van der Waals surface area contributed by atoms with Crippen molar-refractivity contribution in [3.8, 4) is 5.75 Å². The zero-order valence-electron chi connectivity index (χ0n) is 14.4. The fourth-order valence-corrected chi connectivity index (χ4v) is 5.82. The van der Waals surface area contributed by atoms with E-state index in [-0.39, 0.29) is 5.97 Å². The van der Waals surface area contributed by atoms with Crippen LogP contribution in [0.15, 0.2) is 18.2 Å². The molecule has 0 aliphatic heterocycles. The molecule has 0 saturated heterocycles. The van der Waals surface area contributed by atoms with E-state index in [2.05, 4.69) is 19.1 Å². The van der Waals surface area contributed by atoms with Gasteiger partial charge >= 0.3 is 5.97 Å². The van der Waals surface area contributed by atoms with Gasteiger partial charge in [-0.2, -0.15) is 0 Å². The maximum absolute atomic E-state index is 11.5. The van der Waals surface area contributed by atoms with Gasteiger partial charge in [0.15, 0.2) is 0 Å². The van der Waals surface area contributed by atoms with Crippen LogP contribution in [0, 0.1) is 17.3 Å². The average molecular weight is 312 g/mol. The normalized spacial score (nSPS) is 35.1. The van der Waals surface area contributed by atoms with Crippen molar-refractivity contribution in [1.82, 2.24) is 0 Å². The van der Waals surface area contributed by atoms with Gasteiger partial charge in [0.05, 0.1) is 0 Å². The summed E-state index contributed by atoms with van der Waals surface area (Å²) < 4.78 is 5.41. The van der Waals surface area contributed by atoms with Gasteiger partial charge in [-0.05, 0) is 85.0 Å². The van der Waals surface area contributed by atoms with Crippen molar-refractivity contribution in [2.75, 3.05) is 0 Å². The van der Waals surface area contributed by atoms with Crippen LogP contribution in [0.4, 0.5) is 0 Å². The van der Waals surface area contributed by atoms with Crippen molar-refractivity contribution in [2.24, 2.45) is 17.3 Å². The Labute approximate surface area is 139 Å². The minimum Gasteiger partial charge on any atom is -0.427 e. The van der Waals surface area contributed by atoms with Gasteiger partial charge in [-0.15, -0.1) is 0 Å². The molecule has 1 aromatic carbocycles. The maximum Gasteiger partial charge on any atom is 0.310 e. The van der Waals surface area contributed by atoms with E-state index in [1.54, 1.807) is 5.56 Å². The number of carbonyl (C=O) groups excluding carboxylic acids is 1. The van der Waals surface area contributed by atoms with E-state index in [0.717, 1.165) is 29.9 Å². The molecule has 0 radical (unpaired) electrons. The van der Waals surface area contributed by atoms with Gasteiger partial charge in [0.25, 0.3) is 0 Å². The van der Waals surface area contributed by atoms with Crippen molar-refractivity contribution in [3.63, 3.8) is 0 Å². The minimum absolute atomic E-state index is 0.141. The molecule has 0 bridgehead atoms. The smallest absolute Gasteiger partial charge is 0.310 e. The van der Waals surface area contributed by atoms with Gasteiger partial charge in [0.1, 0.15) is 5.75 Å². The minimum atomic E-state index is -0.141. The maximum atomic E-state index is 11.5. The zero-order valence-corrected chi connectivity index (χ0v) is 14.4. The lowest BCUT2D eigenvalue weighted by molar-refractivity contribution is -0.134. The zero-order chi connectivity index (χ0) is 16.0. The Balaban J connectivity index is 1.60. The fraction of sp³-hybridized carbons (Fsp3) is 0.667. The second-order valence-corrected chi connectivity index (χ2v) is 8.19. The quantitative estimate of drug-likeness (QED) is 0.551. The van der Waals surface area contributed by atoms with Crippen LogP contribution in [-0.4, -0.2) is 5.97 Å². The standard InChI is InChI=1S/C21H28O2/c1-3-20(22)23-15-7-9-16-14(13-15)6-8-18-17(16)10-12-21(2)11-4-5-19(18)21/h7,9,13,17-19H,3-6,8,10-12H2,1-2H3/t17-,18-,19+,21+/m1/s1. The molecule has 0 N–H and O–H groups in total. The Kier molecular flexibility index (Phi) is 3.74. The number of carbonyl (C=O) groups is 1. The number of ether oxygens (including phenoxy) is 1. The lowest BCUT2D eigenvalue weighted by atomic mass is 9.56. The molecule has 0 heterocycles. The van der Waals surface area contributed by atoms with E-state index < -0.39 is 0 Å². The molecule has 2 fully saturated rings. The number of esters is 1. The highest BCUT2D eigenvalue weighted by Crippen LogP contribution is 2.60.